The standard InChI is InChI=1S/C26H23NO5S/c28-25(30-16-18-8-2-1-3-9-18)24-14-15-32-33-27(24)26(29)31-17-23-21-12-6-4-10-19(21)20-11-5-7-13-22(20)23/h1-13,23-24H,14-17H2/t24-/m0/s1. The molecule has 0 aromatic heterocycles. The predicted molar refractivity (Wildman–Crippen MR) is 125 cm³/mol. The molecule has 0 N–H and O–H groups in total. The molecule has 1 heterocycles. The predicted octanol–water partition coefficient (Wildman–Crippen LogP) is 5.33. The molecule has 1 aliphatic heterocycles. The number of amides is 1. The summed E-state index contributed by atoms with van der Waals surface area (Å²) >= 11 is 0.841. The minimum atomic E-state index is -0.761. The van der Waals surface area contributed by atoms with Gasteiger partial charge in [-0.25, -0.2) is 13.9 Å². The third kappa shape index (κ3) is 4.47. The van der Waals surface area contributed by atoms with Crippen molar-refractivity contribution in [2.45, 2.75) is 25.0 Å². The van der Waals surface area contributed by atoms with Gasteiger partial charge in [-0.1, -0.05) is 78.9 Å². The van der Waals surface area contributed by atoms with Crippen LogP contribution < -0.4 is 0 Å². The Kier molecular flexibility index (Phi) is 6.32. The zero-order chi connectivity index (χ0) is 22.6. The average Bonchev–Trinajstić information content (AvgIpc) is 3.20. The van der Waals surface area contributed by atoms with E-state index >= 15 is 0 Å². The van der Waals surface area contributed by atoms with Crippen LogP contribution in [0.4, 0.5) is 4.79 Å². The van der Waals surface area contributed by atoms with Gasteiger partial charge >= 0.3 is 12.1 Å². The van der Waals surface area contributed by atoms with Crippen molar-refractivity contribution >= 4 is 24.3 Å². The minimum Gasteiger partial charge on any atom is -0.459 e. The Morgan fingerprint density at radius 3 is 2.21 bits per heavy atom. The maximum atomic E-state index is 13.0. The summed E-state index contributed by atoms with van der Waals surface area (Å²) in [5.74, 6) is -0.524. The van der Waals surface area contributed by atoms with Crippen LogP contribution in [0.5, 0.6) is 0 Å². The number of fused-ring (bicyclic) bond motifs is 3. The molecule has 0 unspecified atom stereocenters. The first kappa shape index (κ1) is 21.6. The summed E-state index contributed by atoms with van der Waals surface area (Å²) in [4.78, 5) is 25.7. The van der Waals surface area contributed by atoms with E-state index in [1.54, 1.807) is 0 Å². The second-order valence-corrected chi connectivity index (χ2v) is 8.70. The molecule has 0 saturated carbocycles. The van der Waals surface area contributed by atoms with Gasteiger partial charge in [0, 0.05) is 12.3 Å². The van der Waals surface area contributed by atoms with Crippen LogP contribution in [0.1, 0.15) is 29.0 Å². The molecule has 3 aromatic rings. The fourth-order valence-corrected chi connectivity index (χ4v) is 4.97. The molecule has 0 spiro atoms. The molecule has 0 radical (unpaired) electrons. The Hall–Kier alpha value is -3.29. The Labute approximate surface area is 196 Å². The van der Waals surface area contributed by atoms with E-state index in [0.29, 0.717) is 13.0 Å². The van der Waals surface area contributed by atoms with Crippen LogP contribution in [-0.4, -0.2) is 35.6 Å². The number of carbonyl (C=O) groups is 2. The average molecular weight is 462 g/mol. The van der Waals surface area contributed by atoms with Gasteiger partial charge in [-0.05, 0) is 27.8 Å². The van der Waals surface area contributed by atoms with Crippen molar-refractivity contribution in [2.24, 2.45) is 0 Å². The van der Waals surface area contributed by atoms with Gasteiger partial charge in [0.2, 0.25) is 0 Å². The van der Waals surface area contributed by atoms with Crippen molar-refractivity contribution in [3.63, 3.8) is 0 Å². The van der Waals surface area contributed by atoms with E-state index < -0.39 is 18.1 Å². The molecule has 1 atom stereocenters. The number of carbonyl (C=O) groups excluding carboxylic acids is 2. The van der Waals surface area contributed by atoms with Gasteiger partial charge < -0.3 is 9.47 Å². The van der Waals surface area contributed by atoms with Gasteiger partial charge in [-0.2, -0.15) is 0 Å². The van der Waals surface area contributed by atoms with Gasteiger partial charge in [0.05, 0.1) is 6.61 Å². The number of hydrogen-bond donors (Lipinski definition) is 0. The summed E-state index contributed by atoms with van der Waals surface area (Å²) in [6.07, 6.45) is -0.256. The summed E-state index contributed by atoms with van der Waals surface area (Å²) < 4.78 is 17.8. The van der Waals surface area contributed by atoms with E-state index in [-0.39, 0.29) is 19.1 Å². The number of rotatable bonds is 5. The first-order chi connectivity index (χ1) is 16.2. The van der Waals surface area contributed by atoms with E-state index in [2.05, 4.69) is 24.3 Å². The summed E-state index contributed by atoms with van der Waals surface area (Å²) in [5, 5.41) is 0. The van der Waals surface area contributed by atoms with Crippen LogP contribution in [0.25, 0.3) is 11.1 Å². The van der Waals surface area contributed by atoms with E-state index in [4.69, 9.17) is 13.7 Å². The molecule has 1 fully saturated rings. The number of nitrogens with zero attached hydrogens (tertiary/aromatic N) is 1. The highest BCUT2D eigenvalue weighted by Crippen LogP contribution is 2.44. The first-order valence-corrected chi connectivity index (χ1v) is 11.6. The molecule has 6 nitrogen and oxygen atoms in total. The third-order valence-corrected chi connectivity index (χ3v) is 6.74. The SMILES string of the molecule is O=C(OCc1ccccc1)[C@@H]1CCOSN1C(=O)OCC1c2ccccc2-c2ccccc21. The smallest absolute Gasteiger partial charge is 0.422 e. The molecule has 33 heavy (non-hydrogen) atoms. The van der Waals surface area contributed by atoms with Crippen LogP contribution in [0.3, 0.4) is 0 Å². The molecule has 1 amide bonds. The first-order valence-electron chi connectivity index (χ1n) is 10.9. The molecule has 0 bridgehead atoms. The van der Waals surface area contributed by atoms with Crippen molar-refractivity contribution < 1.29 is 23.2 Å². The monoisotopic (exact) mass is 461 g/mol. The Bertz CT molecular complexity index is 1110. The summed E-state index contributed by atoms with van der Waals surface area (Å²) in [6, 6.07) is 25.0. The van der Waals surface area contributed by atoms with Crippen LogP contribution in [0.15, 0.2) is 78.9 Å². The summed E-state index contributed by atoms with van der Waals surface area (Å²) in [5.41, 5.74) is 5.47. The zero-order valence-electron chi connectivity index (χ0n) is 17.9. The molecule has 5 rings (SSSR count). The van der Waals surface area contributed by atoms with E-state index in [1.165, 1.54) is 4.31 Å². The maximum Gasteiger partial charge on any atom is 0.422 e. The number of ether oxygens (including phenoxy) is 2. The maximum absolute atomic E-state index is 13.0. The highest BCUT2D eigenvalue weighted by atomic mass is 32.2. The van der Waals surface area contributed by atoms with Gasteiger partial charge in [-0.3, -0.25) is 4.18 Å². The number of benzene rings is 3. The molecule has 1 aliphatic carbocycles. The van der Waals surface area contributed by atoms with Crippen molar-refractivity contribution in [1.82, 2.24) is 4.31 Å². The van der Waals surface area contributed by atoms with Crippen molar-refractivity contribution in [2.75, 3.05) is 13.2 Å². The molecule has 1 saturated heterocycles. The topological polar surface area (TPSA) is 65.1 Å². The molecular weight excluding hydrogens is 438 g/mol. The molecule has 7 heteroatoms. The van der Waals surface area contributed by atoms with Crippen LogP contribution in [-0.2, 0) is 25.1 Å². The Balaban J connectivity index is 1.25. The van der Waals surface area contributed by atoms with Crippen LogP contribution in [0, 0.1) is 0 Å². The molecule has 3 aromatic carbocycles. The number of esters is 1. The third-order valence-electron chi connectivity index (χ3n) is 5.90. The highest BCUT2D eigenvalue weighted by Gasteiger charge is 2.38. The van der Waals surface area contributed by atoms with Crippen molar-refractivity contribution in [1.29, 1.82) is 0 Å². The van der Waals surface area contributed by atoms with E-state index in [1.807, 2.05) is 54.6 Å². The second-order valence-electron chi connectivity index (χ2n) is 7.92. The van der Waals surface area contributed by atoms with Gasteiger partial charge in [-0.15, -0.1) is 0 Å². The number of hydrogen-bond acceptors (Lipinski definition) is 6. The molecular formula is C26H23NO5S. The van der Waals surface area contributed by atoms with Gasteiger partial charge in [0.15, 0.2) is 0 Å². The minimum absolute atomic E-state index is 0.0551. The van der Waals surface area contributed by atoms with Gasteiger partial charge in [0.1, 0.15) is 31.5 Å². The van der Waals surface area contributed by atoms with Crippen LogP contribution in [0.2, 0.25) is 0 Å². The zero-order valence-corrected chi connectivity index (χ0v) is 18.7. The highest BCUT2D eigenvalue weighted by molar-refractivity contribution is 7.92. The lowest BCUT2D eigenvalue weighted by Gasteiger charge is -2.31. The summed E-state index contributed by atoms with van der Waals surface area (Å²) in [7, 11) is 0. The second kappa shape index (κ2) is 9.68. The molecule has 168 valence electrons. The normalized spacial score (nSPS) is 17.2. The van der Waals surface area contributed by atoms with Crippen molar-refractivity contribution in [3.05, 3.63) is 95.6 Å². The van der Waals surface area contributed by atoms with E-state index in [9.17, 15) is 9.59 Å². The fraction of sp³-hybridized carbons (Fsp3) is 0.231. The lowest BCUT2D eigenvalue weighted by Crippen LogP contribution is -2.45. The largest absolute Gasteiger partial charge is 0.459 e. The fourth-order valence-electron chi connectivity index (χ4n) is 4.28. The van der Waals surface area contributed by atoms with Crippen LogP contribution >= 0.6 is 12.2 Å². The lowest BCUT2D eigenvalue weighted by molar-refractivity contribution is -0.150. The molecule has 2 aliphatic rings. The van der Waals surface area contributed by atoms with Crippen molar-refractivity contribution in [3.8, 4) is 11.1 Å². The Morgan fingerprint density at radius 1 is 0.879 bits per heavy atom. The van der Waals surface area contributed by atoms with Gasteiger partial charge in [0.25, 0.3) is 0 Å². The summed E-state index contributed by atoms with van der Waals surface area (Å²) in [6.45, 7) is 0.679. The van der Waals surface area contributed by atoms with E-state index in [0.717, 1.165) is 40.0 Å². The lowest BCUT2D eigenvalue weighted by atomic mass is 9.98. The quantitative estimate of drug-likeness (QED) is 0.291. The Morgan fingerprint density at radius 2 is 1.52 bits per heavy atom.